The number of benzene rings is 2. The van der Waals surface area contributed by atoms with Gasteiger partial charge in [-0.2, -0.15) is 5.26 Å². The minimum atomic E-state index is -0.624. The van der Waals surface area contributed by atoms with E-state index in [1.165, 1.54) is 0 Å². The summed E-state index contributed by atoms with van der Waals surface area (Å²) in [5, 5.41) is 19.8. The number of nitrogens with zero attached hydrogens (tertiary/aromatic N) is 3. The topological polar surface area (TPSA) is 93.0 Å². The molecule has 3 aromatic rings. The van der Waals surface area contributed by atoms with Crippen LogP contribution in [0.4, 0.5) is 0 Å². The quantitative estimate of drug-likeness (QED) is 0.699. The number of phenolic OH excluding ortho intramolecular Hbond substituents is 1. The molecule has 1 aromatic heterocycles. The van der Waals surface area contributed by atoms with Gasteiger partial charge in [0.1, 0.15) is 5.75 Å². The zero-order valence-electron chi connectivity index (χ0n) is 14.6. The molecule has 6 heteroatoms. The summed E-state index contributed by atoms with van der Waals surface area (Å²) in [4.78, 5) is 22.3. The van der Waals surface area contributed by atoms with Crippen LogP contribution in [0.2, 0.25) is 0 Å². The first-order valence-corrected chi connectivity index (χ1v) is 9.07. The Morgan fingerprint density at radius 3 is 3.07 bits per heavy atom. The molecular formula is C21H18N4O2. The van der Waals surface area contributed by atoms with Gasteiger partial charge in [-0.25, -0.2) is 4.98 Å². The van der Waals surface area contributed by atoms with Gasteiger partial charge < -0.3 is 15.0 Å². The number of imidazole rings is 1. The minimum absolute atomic E-state index is 0.00901. The van der Waals surface area contributed by atoms with Gasteiger partial charge in [-0.15, -0.1) is 0 Å². The van der Waals surface area contributed by atoms with Crippen molar-refractivity contribution in [3.05, 3.63) is 59.4 Å². The molecule has 2 heterocycles. The van der Waals surface area contributed by atoms with Gasteiger partial charge in [0.15, 0.2) is 0 Å². The molecule has 1 aliphatic heterocycles. The average molecular weight is 358 g/mol. The highest BCUT2D eigenvalue weighted by atomic mass is 16.3. The number of likely N-dealkylation sites (tertiary alicyclic amines) is 1. The monoisotopic (exact) mass is 358 g/mol. The van der Waals surface area contributed by atoms with Crippen LogP contribution in [0.25, 0.3) is 11.0 Å². The number of aromatic hydroxyl groups is 1. The maximum atomic E-state index is 13.2. The number of piperidine rings is 1. The summed E-state index contributed by atoms with van der Waals surface area (Å²) in [6.45, 7) is 0.535. The molecule has 1 aliphatic carbocycles. The molecule has 0 saturated carbocycles. The summed E-state index contributed by atoms with van der Waals surface area (Å²) in [6, 6.07) is 13.2. The van der Waals surface area contributed by atoms with Gasteiger partial charge in [0.05, 0.1) is 28.8 Å². The molecule has 1 amide bonds. The Morgan fingerprint density at radius 2 is 2.22 bits per heavy atom. The van der Waals surface area contributed by atoms with E-state index in [-0.39, 0.29) is 17.7 Å². The van der Waals surface area contributed by atoms with Crippen molar-refractivity contribution in [1.29, 1.82) is 5.26 Å². The molecular weight excluding hydrogens is 340 g/mol. The Hall–Kier alpha value is -3.33. The van der Waals surface area contributed by atoms with E-state index in [0.29, 0.717) is 31.4 Å². The van der Waals surface area contributed by atoms with Gasteiger partial charge in [0, 0.05) is 18.2 Å². The van der Waals surface area contributed by atoms with Crippen LogP contribution in [0.5, 0.6) is 5.75 Å². The second-order valence-corrected chi connectivity index (χ2v) is 7.48. The molecule has 5 rings (SSSR count). The maximum absolute atomic E-state index is 13.2. The van der Waals surface area contributed by atoms with Gasteiger partial charge in [0.25, 0.3) is 5.91 Å². The van der Waals surface area contributed by atoms with Crippen LogP contribution in [0, 0.1) is 11.3 Å². The third-order valence-electron chi connectivity index (χ3n) is 6.01. The first-order valence-electron chi connectivity index (χ1n) is 9.07. The molecule has 2 atom stereocenters. The van der Waals surface area contributed by atoms with E-state index >= 15 is 0 Å². The summed E-state index contributed by atoms with van der Waals surface area (Å²) < 4.78 is 0. The van der Waals surface area contributed by atoms with Crippen molar-refractivity contribution in [3.63, 3.8) is 0 Å². The third-order valence-corrected chi connectivity index (χ3v) is 6.01. The van der Waals surface area contributed by atoms with Crippen LogP contribution >= 0.6 is 0 Å². The lowest BCUT2D eigenvalue weighted by Crippen LogP contribution is -2.54. The molecule has 27 heavy (non-hydrogen) atoms. The zero-order valence-corrected chi connectivity index (χ0v) is 14.6. The summed E-state index contributed by atoms with van der Waals surface area (Å²) in [6.07, 6.45) is 3.51. The fraction of sp³-hybridized carbons (Fsp3) is 0.286. The van der Waals surface area contributed by atoms with Crippen molar-refractivity contribution in [3.8, 4) is 11.8 Å². The first kappa shape index (κ1) is 15.9. The van der Waals surface area contributed by atoms with Crippen molar-refractivity contribution in [1.82, 2.24) is 14.9 Å². The fourth-order valence-electron chi connectivity index (χ4n) is 4.64. The molecule has 0 radical (unpaired) electrons. The van der Waals surface area contributed by atoms with E-state index in [1.54, 1.807) is 18.5 Å². The molecule has 1 fully saturated rings. The van der Waals surface area contributed by atoms with Gasteiger partial charge in [0.2, 0.25) is 0 Å². The number of nitrogens with one attached hydrogen (secondary N) is 1. The number of nitriles is 1. The van der Waals surface area contributed by atoms with Gasteiger partial charge in [-0.05, 0) is 60.7 Å². The van der Waals surface area contributed by atoms with E-state index in [2.05, 4.69) is 16.0 Å². The van der Waals surface area contributed by atoms with Crippen molar-refractivity contribution < 1.29 is 9.90 Å². The Balaban J connectivity index is 1.51. The number of aromatic amines is 1. The first-order chi connectivity index (χ1) is 13.1. The van der Waals surface area contributed by atoms with Crippen LogP contribution in [0.15, 0.2) is 42.7 Å². The summed E-state index contributed by atoms with van der Waals surface area (Å²) in [5.74, 6) is 0.179. The van der Waals surface area contributed by atoms with Crippen molar-refractivity contribution >= 4 is 16.9 Å². The summed E-state index contributed by atoms with van der Waals surface area (Å²) in [7, 11) is 0. The van der Waals surface area contributed by atoms with E-state index in [4.69, 9.17) is 0 Å². The van der Waals surface area contributed by atoms with E-state index in [1.807, 2.05) is 29.2 Å². The number of fused-ring (bicyclic) bond motifs is 5. The van der Waals surface area contributed by atoms with Crippen molar-refractivity contribution in [2.45, 2.75) is 30.7 Å². The number of H-pyrrole nitrogens is 1. The molecule has 1 saturated heterocycles. The predicted octanol–water partition coefficient (Wildman–Crippen LogP) is 2.89. The van der Waals surface area contributed by atoms with Crippen LogP contribution in [0.1, 0.15) is 34.3 Å². The Labute approximate surface area is 156 Å². The predicted molar refractivity (Wildman–Crippen MR) is 99.3 cm³/mol. The summed E-state index contributed by atoms with van der Waals surface area (Å²) in [5.41, 5.74) is 3.65. The fourth-order valence-corrected chi connectivity index (χ4v) is 4.64. The minimum Gasteiger partial charge on any atom is -0.508 e. The van der Waals surface area contributed by atoms with E-state index < -0.39 is 5.41 Å². The number of carbonyl (C=O) groups excluding carboxylic acids is 1. The zero-order chi connectivity index (χ0) is 18.6. The highest BCUT2D eigenvalue weighted by Gasteiger charge is 2.47. The van der Waals surface area contributed by atoms with Crippen molar-refractivity contribution in [2.24, 2.45) is 0 Å². The Bertz CT molecular complexity index is 1110. The average Bonchev–Trinajstić information content (AvgIpc) is 3.16. The lowest BCUT2D eigenvalue weighted by molar-refractivity contribution is 0.0525. The Kier molecular flexibility index (Phi) is 3.28. The summed E-state index contributed by atoms with van der Waals surface area (Å²) >= 11 is 0. The number of hydrogen-bond donors (Lipinski definition) is 2. The van der Waals surface area contributed by atoms with Crippen LogP contribution in [-0.4, -0.2) is 38.5 Å². The number of carbonyl (C=O) groups is 1. The number of rotatable bonds is 1. The molecule has 0 spiro atoms. The highest BCUT2D eigenvalue weighted by Crippen LogP contribution is 2.45. The number of hydrogen-bond acceptors (Lipinski definition) is 4. The highest BCUT2D eigenvalue weighted by molar-refractivity contribution is 5.97. The number of phenols is 1. The van der Waals surface area contributed by atoms with E-state index in [0.717, 1.165) is 22.2 Å². The second kappa shape index (κ2) is 5.58. The Morgan fingerprint density at radius 1 is 1.33 bits per heavy atom. The van der Waals surface area contributed by atoms with Crippen LogP contribution in [-0.2, 0) is 11.8 Å². The molecule has 134 valence electrons. The maximum Gasteiger partial charge on any atom is 0.254 e. The lowest BCUT2D eigenvalue weighted by Gasteiger charge is -2.48. The number of aromatic nitrogens is 2. The van der Waals surface area contributed by atoms with Crippen molar-refractivity contribution in [2.75, 3.05) is 6.54 Å². The smallest absolute Gasteiger partial charge is 0.254 e. The van der Waals surface area contributed by atoms with Crippen LogP contribution in [0.3, 0.4) is 0 Å². The largest absolute Gasteiger partial charge is 0.508 e. The molecule has 2 N–H and O–H groups in total. The SMILES string of the molecule is N#CC12CCN(C(=O)c3ccc4nc[nH]c4c3)C(Cc3ccc(O)cc31)C2. The molecule has 2 unspecified atom stereocenters. The lowest BCUT2D eigenvalue weighted by atomic mass is 9.64. The molecule has 2 bridgehead atoms. The number of amides is 1. The van der Waals surface area contributed by atoms with Gasteiger partial charge >= 0.3 is 0 Å². The third kappa shape index (κ3) is 2.32. The normalized spacial score (nSPS) is 23.7. The molecule has 2 aliphatic rings. The molecule has 6 nitrogen and oxygen atoms in total. The second-order valence-electron chi connectivity index (χ2n) is 7.48. The van der Waals surface area contributed by atoms with Gasteiger partial charge in [-0.1, -0.05) is 6.07 Å². The van der Waals surface area contributed by atoms with Gasteiger partial charge in [-0.3, -0.25) is 4.79 Å². The molecule has 2 aromatic carbocycles. The van der Waals surface area contributed by atoms with E-state index in [9.17, 15) is 15.2 Å². The van der Waals surface area contributed by atoms with Crippen LogP contribution < -0.4 is 0 Å². The standard InChI is InChI=1S/C21H18N4O2/c22-11-21-5-6-25(15(10-21)7-13-1-3-16(26)9-17(13)21)20(27)14-2-4-18-19(8-14)24-12-23-18/h1-4,8-9,12,15,26H,5-7,10H2,(H,23,24).